The third-order valence-corrected chi connectivity index (χ3v) is 4.97. The Hall–Kier alpha value is -2.54. The molecule has 2 aromatic carbocycles. The van der Waals surface area contributed by atoms with Gasteiger partial charge in [0.05, 0.1) is 10.6 Å². The van der Waals surface area contributed by atoms with Crippen LogP contribution in [0.4, 0.5) is 5.69 Å². The van der Waals surface area contributed by atoms with Gasteiger partial charge in [0.1, 0.15) is 5.75 Å². The molecule has 0 bridgehead atoms. The summed E-state index contributed by atoms with van der Waals surface area (Å²) in [7, 11) is -3.70. The molecule has 26 heavy (non-hydrogen) atoms. The lowest BCUT2D eigenvalue weighted by atomic mass is 10.1. The van der Waals surface area contributed by atoms with Crippen molar-refractivity contribution in [3.05, 3.63) is 53.6 Å². The quantitative estimate of drug-likeness (QED) is 0.778. The zero-order valence-corrected chi connectivity index (χ0v) is 16.2. The number of hydrogen-bond donors (Lipinski definition) is 2. The average Bonchev–Trinajstić information content (AvgIpc) is 2.56. The Labute approximate surface area is 154 Å². The molecule has 0 aromatic heterocycles. The molecule has 0 unspecified atom stereocenters. The monoisotopic (exact) mass is 376 g/mol. The number of sulfonamides is 1. The molecule has 0 aliphatic rings. The average molecular weight is 376 g/mol. The van der Waals surface area contributed by atoms with Crippen LogP contribution >= 0.6 is 0 Å². The van der Waals surface area contributed by atoms with Crippen LogP contribution in [0.2, 0.25) is 0 Å². The molecule has 0 fully saturated rings. The van der Waals surface area contributed by atoms with E-state index in [1.54, 1.807) is 6.07 Å². The molecule has 0 aliphatic carbocycles. The summed E-state index contributed by atoms with van der Waals surface area (Å²) >= 11 is 0. The molecule has 0 spiro atoms. The summed E-state index contributed by atoms with van der Waals surface area (Å²) in [5.74, 6) is 0.197. The minimum atomic E-state index is -3.70. The lowest BCUT2D eigenvalue weighted by molar-refractivity contribution is -0.123. The number of rotatable bonds is 7. The normalized spacial score (nSPS) is 11.3. The van der Waals surface area contributed by atoms with Gasteiger partial charge >= 0.3 is 0 Å². The third-order valence-electron chi connectivity index (χ3n) is 3.59. The summed E-state index contributed by atoms with van der Waals surface area (Å²) in [6, 6.07) is 11.6. The van der Waals surface area contributed by atoms with Gasteiger partial charge in [0.25, 0.3) is 15.9 Å². The first kappa shape index (κ1) is 19.8. The van der Waals surface area contributed by atoms with Crippen LogP contribution in [0, 0.1) is 13.8 Å². The van der Waals surface area contributed by atoms with Gasteiger partial charge in [0, 0.05) is 6.04 Å². The molecule has 0 saturated heterocycles. The maximum atomic E-state index is 12.5. The van der Waals surface area contributed by atoms with Crippen LogP contribution in [0.3, 0.4) is 0 Å². The van der Waals surface area contributed by atoms with Gasteiger partial charge in [0.15, 0.2) is 6.61 Å². The highest BCUT2D eigenvalue weighted by Gasteiger charge is 2.15. The van der Waals surface area contributed by atoms with Gasteiger partial charge < -0.3 is 10.1 Å². The van der Waals surface area contributed by atoms with E-state index in [9.17, 15) is 13.2 Å². The predicted molar refractivity (Wildman–Crippen MR) is 102 cm³/mol. The van der Waals surface area contributed by atoms with E-state index >= 15 is 0 Å². The van der Waals surface area contributed by atoms with Gasteiger partial charge in [-0.25, -0.2) is 8.42 Å². The summed E-state index contributed by atoms with van der Waals surface area (Å²) in [5, 5.41) is 2.72. The van der Waals surface area contributed by atoms with Crippen LogP contribution in [0.5, 0.6) is 5.75 Å². The minimum absolute atomic E-state index is 0.0368. The van der Waals surface area contributed by atoms with Gasteiger partial charge in [-0.2, -0.15) is 0 Å². The molecular formula is C19H24N2O4S. The number of aryl methyl sites for hydroxylation is 2. The second-order valence-electron chi connectivity index (χ2n) is 6.41. The number of ether oxygens (including phenoxy) is 1. The van der Waals surface area contributed by atoms with Crippen LogP contribution in [0.1, 0.15) is 25.0 Å². The van der Waals surface area contributed by atoms with Crippen molar-refractivity contribution in [1.29, 1.82) is 0 Å². The molecule has 0 atom stereocenters. The molecule has 0 heterocycles. The Morgan fingerprint density at radius 2 is 1.73 bits per heavy atom. The summed E-state index contributed by atoms with van der Waals surface area (Å²) in [5.41, 5.74) is 2.36. The van der Waals surface area contributed by atoms with E-state index in [2.05, 4.69) is 10.0 Å². The number of benzene rings is 2. The third kappa shape index (κ3) is 5.49. The van der Waals surface area contributed by atoms with E-state index in [1.807, 2.05) is 39.8 Å². The Kier molecular flexibility index (Phi) is 6.26. The summed E-state index contributed by atoms with van der Waals surface area (Å²) in [6.07, 6.45) is 0. The fraction of sp³-hybridized carbons (Fsp3) is 0.316. The predicted octanol–water partition coefficient (Wildman–Crippen LogP) is 3.01. The SMILES string of the molecule is Cc1ccc(C)c(NS(=O)(=O)c2ccc(OCC(=O)NC(C)C)cc2)c1. The lowest BCUT2D eigenvalue weighted by Crippen LogP contribution is -2.34. The van der Waals surface area contributed by atoms with Gasteiger partial charge in [-0.1, -0.05) is 12.1 Å². The number of hydrogen-bond acceptors (Lipinski definition) is 4. The van der Waals surface area contributed by atoms with Crippen molar-refractivity contribution in [2.24, 2.45) is 0 Å². The van der Waals surface area contributed by atoms with Crippen LogP contribution in [0.25, 0.3) is 0 Å². The zero-order chi connectivity index (χ0) is 19.3. The number of amides is 1. The highest BCUT2D eigenvalue weighted by molar-refractivity contribution is 7.92. The van der Waals surface area contributed by atoms with E-state index in [4.69, 9.17) is 4.74 Å². The van der Waals surface area contributed by atoms with Crippen molar-refractivity contribution >= 4 is 21.6 Å². The smallest absolute Gasteiger partial charge is 0.261 e. The molecule has 2 N–H and O–H groups in total. The Morgan fingerprint density at radius 1 is 1.08 bits per heavy atom. The fourth-order valence-electron chi connectivity index (χ4n) is 2.28. The number of carbonyl (C=O) groups is 1. The van der Waals surface area contributed by atoms with Crippen molar-refractivity contribution in [3.8, 4) is 5.75 Å². The van der Waals surface area contributed by atoms with Gasteiger partial charge in [-0.3, -0.25) is 9.52 Å². The lowest BCUT2D eigenvalue weighted by Gasteiger charge is -2.12. The molecule has 6 nitrogen and oxygen atoms in total. The number of nitrogens with one attached hydrogen (secondary N) is 2. The van der Waals surface area contributed by atoms with E-state index in [-0.39, 0.29) is 23.5 Å². The fourth-order valence-corrected chi connectivity index (χ4v) is 3.40. The molecule has 2 rings (SSSR count). The van der Waals surface area contributed by atoms with Crippen molar-refractivity contribution in [1.82, 2.24) is 5.32 Å². The standard InChI is InChI=1S/C19H24N2O4S/c1-13(2)20-19(22)12-25-16-7-9-17(10-8-16)26(23,24)21-18-11-14(3)5-6-15(18)4/h5-11,13,21H,12H2,1-4H3,(H,20,22). The topological polar surface area (TPSA) is 84.5 Å². The molecule has 140 valence electrons. The maximum Gasteiger partial charge on any atom is 0.261 e. The Bertz CT molecular complexity index is 875. The first-order valence-corrected chi connectivity index (χ1v) is 9.78. The first-order chi connectivity index (χ1) is 12.2. The first-order valence-electron chi connectivity index (χ1n) is 8.29. The van der Waals surface area contributed by atoms with Crippen molar-refractivity contribution in [2.45, 2.75) is 38.6 Å². The van der Waals surface area contributed by atoms with E-state index in [0.717, 1.165) is 11.1 Å². The maximum absolute atomic E-state index is 12.5. The van der Waals surface area contributed by atoms with Crippen molar-refractivity contribution in [3.63, 3.8) is 0 Å². The van der Waals surface area contributed by atoms with E-state index in [1.165, 1.54) is 24.3 Å². The second-order valence-corrected chi connectivity index (χ2v) is 8.09. The van der Waals surface area contributed by atoms with Gasteiger partial charge in [0.2, 0.25) is 0 Å². The highest BCUT2D eigenvalue weighted by Crippen LogP contribution is 2.22. The van der Waals surface area contributed by atoms with Crippen LogP contribution in [-0.2, 0) is 14.8 Å². The van der Waals surface area contributed by atoms with E-state index in [0.29, 0.717) is 11.4 Å². The molecule has 0 saturated carbocycles. The van der Waals surface area contributed by atoms with Crippen molar-refractivity contribution < 1.29 is 17.9 Å². The van der Waals surface area contributed by atoms with Crippen LogP contribution < -0.4 is 14.8 Å². The molecule has 2 aromatic rings. The number of carbonyl (C=O) groups excluding carboxylic acids is 1. The Morgan fingerprint density at radius 3 is 2.35 bits per heavy atom. The summed E-state index contributed by atoms with van der Waals surface area (Å²) in [6.45, 7) is 7.35. The minimum Gasteiger partial charge on any atom is -0.484 e. The van der Waals surface area contributed by atoms with Gasteiger partial charge in [-0.15, -0.1) is 0 Å². The van der Waals surface area contributed by atoms with Crippen molar-refractivity contribution in [2.75, 3.05) is 11.3 Å². The molecule has 1 amide bonds. The largest absolute Gasteiger partial charge is 0.484 e. The highest BCUT2D eigenvalue weighted by atomic mass is 32.2. The molecule has 7 heteroatoms. The molecule has 0 aliphatic heterocycles. The van der Waals surface area contributed by atoms with Crippen LogP contribution in [0.15, 0.2) is 47.4 Å². The van der Waals surface area contributed by atoms with Gasteiger partial charge in [-0.05, 0) is 69.2 Å². The summed E-state index contributed by atoms with van der Waals surface area (Å²) in [4.78, 5) is 11.7. The molecular weight excluding hydrogens is 352 g/mol. The number of anilines is 1. The second kappa shape index (κ2) is 8.23. The van der Waals surface area contributed by atoms with E-state index < -0.39 is 10.0 Å². The van der Waals surface area contributed by atoms with Crippen LogP contribution in [-0.4, -0.2) is 27.0 Å². The molecule has 0 radical (unpaired) electrons. The summed E-state index contributed by atoms with van der Waals surface area (Å²) < 4.78 is 33.1. The zero-order valence-electron chi connectivity index (χ0n) is 15.4. The Balaban J connectivity index is 2.06.